The summed E-state index contributed by atoms with van der Waals surface area (Å²) in [5, 5.41) is 11.6. The third-order valence-corrected chi connectivity index (χ3v) is 5.80. The molecular weight excluding hydrogens is 465 g/mol. The van der Waals surface area contributed by atoms with Gasteiger partial charge in [-0.15, -0.1) is 0 Å². The Hall–Kier alpha value is -3.35. The van der Waals surface area contributed by atoms with E-state index in [-0.39, 0.29) is 34.7 Å². The Morgan fingerprint density at radius 1 is 1.12 bits per heavy atom. The van der Waals surface area contributed by atoms with Crippen LogP contribution in [0, 0.1) is 24.2 Å². The van der Waals surface area contributed by atoms with E-state index in [1.165, 1.54) is 19.9 Å². The molecule has 1 unspecified atom stereocenters. The summed E-state index contributed by atoms with van der Waals surface area (Å²) in [6.07, 6.45) is -3.81. The lowest BCUT2D eigenvalue weighted by Gasteiger charge is -2.31. The van der Waals surface area contributed by atoms with Crippen LogP contribution in [0.2, 0.25) is 0 Å². The summed E-state index contributed by atoms with van der Waals surface area (Å²) in [6, 6.07) is 3.01. The molecule has 0 heterocycles. The molecule has 0 radical (unpaired) electrons. The molecule has 1 atom stereocenters. The number of alkyl halides is 7. The minimum atomic E-state index is -6.23. The maximum atomic E-state index is 14.5. The molecule has 3 rings (SSSR count). The Bertz CT molecular complexity index is 1160. The van der Waals surface area contributed by atoms with Crippen LogP contribution < -0.4 is 5.32 Å². The molecule has 1 aromatic carbocycles. The second-order valence-electron chi connectivity index (χ2n) is 8.03. The van der Waals surface area contributed by atoms with Crippen molar-refractivity contribution in [3.8, 4) is 6.07 Å². The molecule has 0 fully saturated rings. The van der Waals surface area contributed by atoms with Crippen LogP contribution in [0.4, 0.5) is 36.4 Å². The number of fused-ring (bicyclic) bond motifs is 1. The number of carbonyl (C=O) groups excluding carboxylic acids is 1. The van der Waals surface area contributed by atoms with Gasteiger partial charge < -0.3 is 5.32 Å². The van der Waals surface area contributed by atoms with Crippen molar-refractivity contribution >= 4 is 11.6 Å². The molecule has 2 aliphatic rings. The number of anilines is 1. The van der Waals surface area contributed by atoms with E-state index in [4.69, 9.17) is 5.26 Å². The van der Waals surface area contributed by atoms with E-state index in [1.807, 2.05) is 0 Å². The van der Waals surface area contributed by atoms with E-state index >= 15 is 0 Å². The van der Waals surface area contributed by atoms with Crippen LogP contribution in [0.25, 0.3) is 0 Å². The number of nitriles is 1. The Morgan fingerprint density at radius 2 is 1.76 bits per heavy atom. The van der Waals surface area contributed by atoms with Crippen molar-refractivity contribution in [2.24, 2.45) is 5.92 Å². The monoisotopic (exact) mass is 484 g/mol. The first kappa shape index (κ1) is 25.3. The molecular formula is C24H19F7N2O. The molecule has 0 bridgehead atoms. The number of aryl methyl sites for hydroxylation is 2. The highest BCUT2D eigenvalue weighted by Gasteiger charge is 2.73. The average Bonchev–Trinajstić information content (AvgIpc) is 2.77. The lowest BCUT2D eigenvalue weighted by atomic mass is 9.83. The van der Waals surface area contributed by atoms with Gasteiger partial charge in [-0.05, 0) is 54.7 Å². The summed E-state index contributed by atoms with van der Waals surface area (Å²) >= 11 is 0. The lowest BCUT2D eigenvalue weighted by Crippen LogP contribution is -2.50. The molecule has 10 heteroatoms. The second-order valence-corrected chi connectivity index (χ2v) is 8.03. The van der Waals surface area contributed by atoms with Gasteiger partial charge in [-0.2, -0.15) is 31.6 Å². The average molecular weight is 484 g/mol. The summed E-state index contributed by atoms with van der Waals surface area (Å²) in [4.78, 5) is 12.8. The molecule has 0 aromatic heterocycles. The number of nitrogens with zero attached hydrogens (tertiary/aromatic N) is 1. The predicted octanol–water partition coefficient (Wildman–Crippen LogP) is 6.68. The van der Waals surface area contributed by atoms with Crippen LogP contribution in [0.15, 0.2) is 59.2 Å². The highest BCUT2D eigenvalue weighted by molar-refractivity contribution is 6.07. The molecule has 1 aromatic rings. The van der Waals surface area contributed by atoms with Crippen molar-refractivity contribution in [2.45, 2.75) is 44.7 Å². The molecule has 0 saturated carbocycles. The van der Waals surface area contributed by atoms with Crippen molar-refractivity contribution in [3.05, 3.63) is 75.9 Å². The van der Waals surface area contributed by atoms with Gasteiger partial charge in [0.2, 0.25) is 0 Å². The molecule has 34 heavy (non-hydrogen) atoms. The predicted molar refractivity (Wildman–Crippen MR) is 111 cm³/mol. The van der Waals surface area contributed by atoms with Crippen molar-refractivity contribution < 1.29 is 35.5 Å². The number of halogens is 7. The number of benzene rings is 1. The number of carbonyl (C=O) groups is 1. The number of rotatable bonds is 4. The fourth-order valence-corrected chi connectivity index (χ4v) is 3.94. The van der Waals surface area contributed by atoms with E-state index in [9.17, 15) is 35.5 Å². The van der Waals surface area contributed by atoms with Crippen LogP contribution in [0.1, 0.15) is 30.0 Å². The van der Waals surface area contributed by atoms with Crippen LogP contribution in [0.3, 0.4) is 0 Å². The zero-order valence-corrected chi connectivity index (χ0v) is 18.0. The summed E-state index contributed by atoms with van der Waals surface area (Å²) in [5.74, 6) is -0.708. The number of hydrogen-bond donors (Lipinski definition) is 1. The van der Waals surface area contributed by atoms with E-state index < -0.39 is 29.5 Å². The van der Waals surface area contributed by atoms with Crippen molar-refractivity contribution in [3.63, 3.8) is 0 Å². The minimum Gasteiger partial charge on any atom is -0.321 e. The zero-order chi connectivity index (χ0) is 25.5. The summed E-state index contributed by atoms with van der Waals surface area (Å²) in [5.41, 5.74) is -5.76. The number of hydrogen-bond acceptors (Lipinski definition) is 2. The van der Waals surface area contributed by atoms with Gasteiger partial charge in [0.25, 0.3) is 5.91 Å². The van der Waals surface area contributed by atoms with Gasteiger partial charge in [0.05, 0.1) is 6.07 Å². The van der Waals surface area contributed by atoms with Gasteiger partial charge in [-0.3, -0.25) is 4.79 Å². The normalized spacial score (nSPS) is 18.4. The first-order chi connectivity index (χ1) is 15.7. The molecule has 0 saturated heterocycles. The smallest absolute Gasteiger partial charge is 0.321 e. The first-order valence-electron chi connectivity index (χ1n) is 10.2. The van der Waals surface area contributed by atoms with E-state index in [0.29, 0.717) is 24.1 Å². The van der Waals surface area contributed by atoms with Gasteiger partial charge in [0, 0.05) is 28.3 Å². The Labute approximate surface area is 190 Å². The van der Waals surface area contributed by atoms with Crippen LogP contribution in [-0.2, 0) is 16.9 Å². The summed E-state index contributed by atoms with van der Waals surface area (Å²) in [6.45, 7) is 2.66. The molecule has 3 nitrogen and oxygen atoms in total. The van der Waals surface area contributed by atoms with Gasteiger partial charge in [-0.1, -0.05) is 31.2 Å². The highest BCUT2D eigenvalue weighted by Crippen LogP contribution is 2.54. The van der Waals surface area contributed by atoms with Crippen molar-refractivity contribution in [1.82, 2.24) is 0 Å². The molecule has 0 aliphatic heterocycles. The molecule has 0 spiro atoms. The summed E-state index contributed by atoms with van der Waals surface area (Å²) in [7, 11) is 0. The fourth-order valence-electron chi connectivity index (χ4n) is 3.94. The maximum Gasteiger partial charge on any atom is 0.435 e. The lowest BCUT2D eigenvalue weighted by molar-refractivity contribution is -0.348. The van der Waals surface area contributed by atoms with E-state index in [1.54, 1.807) is 24.3 Å². The third-order valence-electron chi connectivity index (χ3n) is 5.80. The minimum absolute atomic E-state index is 0.0173. The van der Waals surface area contributed by atoms with Gasteiger partial charge in [-0.25, -0.2) is 4.39 Å². The molecule has 1 N–H and O–H groups in total. The number of amides is 1. The Morgan fingerprint density at radius 3 is 2.32 bits per heavy atom. The van der Waals surface area contributed by atoms with Gasteiger partial charge in [0.1, 0.15) is 0 Å². The highest BCUT2D eigenvalue weighted by atomic mass is 19.4. The number of nitrogens with one attached hydrogen (secondary N) is 1. The van der Waals surface area contributed by atoms with Crippen molar-refractivity contribution in [2.75, 3.05) is 5.32 Å². The first-order valence-corrected chi connectivity index (χ1v) is 10.2. The molecule has 2 aliphatic carbocycles. The maximum absolute atomic E-state index is 14.5. The van der Waals surface area contributed by atoms with Gasteiger partial charge >= 0.3 is 18.0 Å². The van der Waals surface area contributed by atoms with Crippen LogP contribution >= 0.6 is 0 Å². The third kappa shape index (κ3) is 4.39. The zero-order valence-electron chi connectivity index (χ0n) is 18.0. The Balaban J connectivity index is 1.97. The fraction of sp³-hybridized carbons (Fsp3) is 0.333. The van der Waals surface area contributed by atoms with Crippen molar-refractivity contribution in [1.29, 1.82) is 5.26 Å². The Kier molecular flexibility index (Phi) is 6.53. The topological polar surface area (TPSA) is 52.9 Å². The number of allylic oxidation sites excluding steroid dienone is 6. The largest absolute Gasteiger partial charge is 0.435 e. The van der Waals surface area contributed by atoms with Crippen LogP contribution in [-0.4, -0.2) is 18.3 Å². The second kappa shape index (κ2) is 8.78. The van der Waals surface area contributed by atoms with E-state index in [2.05, 4.69) is 11.4 Å². The SMILES string of the molecule is CCc1cc(C(F)(C(F)(F)F)C(F)(F)F)cc(C)c1NC(=O)C1=CC2=CC=C(C#N)CC2C=C1. The molecule has 180 valence electrons. The quantitative estimate of drug-likeness (QED) is 0.485. The van der Waals surface area contributed by atoms with Crippen LogP contribution in [0.5, 0.6) is 0 Å². The van der Waals surface area contributed by atoms with E-state index in [0.717, 1.165) is 5.57 Å². The standard InChI is InChI=1S/C24H19F7N2O/c1-3-15-11-19(22(25,23(26,27)28)24(29,30)31)8-13(2)20(15)33-21(34)18-7-6-16-9-14(12-32)4-5-17(16)10-18/h4-8,10-11,16H,3,9H2,1-2H3,(H,33,34). The van der Waals surface area contributed by atoms with Gasteiger partial charge in [0.15, 0.2) is 0 Å². The summed E-state index contributed by atoms with van der Waals surface area (Å²) < 4.78 is 93.6. The molecule has 1 amide bonds.